The highest BCUT2D eigenvalue weighted by Crippen LogP contribution is 2.32. The molecule has 0 radical (unpaired) electrons. The maximum Gasteiger partial charge on any atom is 0.280 e. The lowest BCUT2D eigenvalue weighted by Gasteiger charge is -2.22. The number of ether oxygens (including phenoxy) is 1. The van der Waals surface area contributed by atoms with E-state index in [0.717, 1.165) is 36.1 Å². The lowest BCUT2D eigenvalue weighted by atomic mass is 10.1. The van der Waals surface area contributed by atoms with Crippen molar-refractivity contribution in [2.24, 2.45) is 0 Å². The molecule has 7 heteroatoms. The number of amides is 1. The highest BCUT2D eigenvalue weighted by atomic mass is 32.1. The molecule has 0 saturated carbocycles. The van der Waals surface area contributed by atoms with E-state index in [-0.39, 0.29) is 12.0 Å². The van der Waals surface area contributed by atoms with Gasteiger partial charge in [-0.3, -0.25) is 14.7 Å². The molecule has 3 aromatic rings. The Morgan fingerprint density at radius 2 is 2.31 bits per heavy atom. The summed E-state index contributed by atoms with van der Waals surface area (Å²) in [6.07, 6.45) is 7.51. The van der Waals surface area contributed by atoms with Gasteiger partial charge in [-0.1, -0.05) is 30.4 Å². The van der Waals surface area contributed by atoms with E-state index < -0.39 is 0 Å². The SMILES string of the molecule is CCc1cccc2sc(N(CC3CCCO3)C(=O)c3cnccn3)nc12. The lowest BCUT2D eigenvalue weighted by Crippen LogP contribution is -2.38. The van der Waals surface area contributed by atoms with E-state index in [0.29, 0.717) is 17.4 Å². The third-order valence-corrected chi connectivity index (χ3v) is 5.58. The molecule has 1 amide bonds. The molecular formula is C19H20N4O2S. The van der Waals surface area contributed by atoms with Crippen LogP contribution < -0.4 is 4.90 Å². The van der Waals surface area contributed by atoms with Crippen molar-refractivity contribution < 1.29 is 9.53 Å². The van der Waals surface area contributed by atoms with Gasteiger partial charge in [0, 0.05) is 19.0 Å². The molecule has 6 nitrogen and oxygen atoms in total. The predicted molar refractivity (Wildman–Crippen MR) is 102 cm³/mol. The van der Waals surface area contributed by atoms with Gasteiger partial charge in [0.15, 0.2) is 5.13 Å². The topological polar surface area (TPSA) is 68.2 Å². The Bertz CT molecular complexity index is 906. The van der Waals surface area contributed by atoms with Crippen LogP contribution in [-0.4, -0.2) is 40.1 Å². The third kappa shape index (κ3) is 3.32. The van der Waals surface area contributed by atoms with Crippen LogP contribution in [-0.2, 0) is 11.2 Å². The number of nitrogens with zero attached hydrogens (tertiary/aromatic N) is 4. The van der Waals surface area contributed by atoms with Crippen LogP contribution in [0.4, 0.5) is 5.13 Å². The minimum Gasteiger partial charge on any atom is -0.376 e. The van der Waals surface area contributed by atoms with Gasteiger partial charge in [-0.05, 0) is 30.9 Å². The Labute approximate surface area is 155 Å². The second-order valence-corrected chi connectivity index (χ2v) is 7.26. The van der Waals surface area contributed by atoms with Crippen LogP contribution in [0.1, 0.15) is 35.8 Å². The Kier molecular flexibility index (Phi) is 4.90. The molecule has 0 bridgehead atoms. The fourth-order valence-corrected chi connectivity index (χ4v) is 4.20. The quantitative estimate of drug-likeness (QED) is 0.690. The Balaban J connectivity index is 1.73. The maximum atomic E-state index is 13.1. The molecule has 1 aliphatic heterocycles. The van der Waals surface area contributed by atoms with Gasteiger partial charge in [-0.15, -0.1) is 0 Å². The van der Waals surface area contributed by atoms with Gasteiger partial charge in [-0.25, -0.2) is 9.97 Å². The van der Waals surface area contributed by atoms with E-state index in [1.165, 1.54) is 29.3 Å². The van der Waals surface area contributed by atoms with E-state index in [1.54, 1.807) is 11.1 Å². The van der Waals surface area contributed by atoms with Crippen LogP contribution in [0.2, 0.25) is 0 Å². The van der Waals surface area contributed by atoms with Crippen molar-refractivity contribution in [2.45, 2.75) is 32.3 Å². The molecule has 134 valence electrons. The second kappa shape index (κ2) is 7.47. The van der Waals surface area contributed by atoms with Gasteiger partial charge in [0.25, 0.3) is 5.91 Å². The molecule has 1 atom stereocenters. The summed E-state index contributed by atoms with van der Waals surface area (Å²) in [5.74, 6) is -0.189. The summed E-state index contributed by atoms with van der Waals surface area (Å²) in [4.78, 5) is 27.8. The van der Waals surface area contributed by atoms with Crippen molar-refractivity contribution in [3.63, 3.8) is 0 Å². The highest BCUT2D eigenvalue weighted by molar-refractivity contribution is 7.22. The summed E-state index contributed by atoms with van der Waals surface area (Å²) in [5, 5.41) is 0.687. The number of fused-ring (bicyclic) bond motifs is 1. The normalized spacial score (nSPS) is 16.9. The number of aryl methyl sites for hydroxylation is 1. The van der Waals surface area contributed by atoms with Crippen LogP contribution in [0.3, 0.4) is 0 Å². The predicted octanol–water partition coefficient (Wildman–Crippen LogP) is 3.47. The number of carbonyl (C=O) groups excluding carboxylic acids is 1. The first kappa shape index (κ1) is 17.1. The summed E-state index contributed by atoms with van der Waals surface area (Å²) in [6.45, 7) is 3.34. The molecule has 1 fully saturated rings. The second-order valence-electron chi connectivity index (χ2n) is 6.26. The number of hydrogen-bond acceptors (Lipinski definition) is 6. The molecular weight excluding hydrogens is 348 g/mol. The highest BCUT2D eigenvalue weighted by Gasteiger charge is 2.28. The fraction of sp³-hybridized carbons (Fsp3) is 0.368. The van der Waals surface area contributed by atoms with Crippen molar-refractivity contribution >= 4 is 32.6 Å². The van der Waals surface area contributed by atoms with Gasteiger partial charge in [-0.2, -0.15) is 0 Å². The van der Waals surface area contributed by atoms with Crippen LogP contribution in [0.25, 0.3) is 10.2 Å². The molecule has 4 rings (SSSR count). The molecule has 0 N–H and O–H groups in total. The first-order valence-electron chi connectivity index (χ1n) is 8.84. The molecule has 0 spiro atoms. The number of benzene rings is 1. The molecule has 0 aliphatic carbocycles. The van der Waals surface area contributed by atoms with Crippen molar-refractivity contribution in [1.29, 1.82) is 0 Å². The van der Waals surface area contributed by atoms with Crippen LogP contribution in [0.15, 0.2) is 36.8 Å². The molecule has 1 unspecified atom stereocenters. The third-order valence-electron chi connectivity index (χ3n) is 4.54. The summed E-state index contributed by atoms with van der Waals surface area (Å²) in [6, 6.07) is 6.17. The maximum absolute atomic E-state index is 13.1. The average molecular weight is 368 g/mol. The molecule has 2 aromatic heterocycles. The standard InChI is InChI=1S/C19H20N4O2S/c1-2-13-5-3-7-16-17(13)22-19(26-16)23(12-14-6-4-10-25-14)18(24)15-11-20-8-9-21-15/h3,5,7-9,11,14H,2,4,6,10,12H2,1H3. The van der Waals surface area contributed by atoms with E-state index in [2.05, 4.69) is 23.0 Å². The first-order chi connectivity index (χ1) is 12.8. The van der Waals surface area contributed by atoms with E-state index in [4.69, 9.17) is 9.72 Å². The minimum atomic E-state index is -0.189. The van der Waals surface area contributed by atoms with E-state index >= 15 is 0 Å². The number of hydrogen-bond donors (Lipinski definition) is 0. The average Bonchev–Trinajstić information content (AvgIpc) is 3.35. The van der Waals surface area contributed by atoms with Crippen molar-refractivity contribution in [3.05, 3.63) is 48.0 Å². The zero-order valence-electron chi connectivity index (χ0n) is 14.6. The van der Waals surface area contributed by atoms with Gasteiger partial charge >= 0.3 is 0 Å². The Morgan fingerprint density at radius 1 is 1.38 bits per heavy atom. The Morgan fingerprint density at radius 3 is 3.04 bits per heavy atom. The first-order valence-corrected chi connectivity index (χ1v) is 9.66. The molecule has 3 heterocycles. The zero-order valence-corrected chi connectivity index (χ0v) is 15.4. The van der Waals surface area contributed by atoms with Crippen molar-refractivity contribution in [1.82, 2.24) is 15.0 Å². The van der Waals surface area contributed by atoms with Gasteiger partial charge in [0.2, 0.25) is 0 Å². The molecule has 1 aromatic carbocycles. The smallest absolute Gasteiger partial charge is 0.280 e. The van der Waals surface area contributed by atoms with Gasteiger partial charge < -0.3 is 4.74 Å². The number of rotatable bonds is 5. The number of anilines is 1. The fourth-order valence-electron chi connectivity index (χ4n) is 3.18. The summed E-state index contributed by atoms with van der Waals surface area (Å²) in [5.41, 5.74) is 2.48. The summed E-state index contributed by atoms with van der Waals surface area (Å²) >= 11 is 1.53. The summed E-state index contributed by atoms with van der Waals surface area (Å²) in [7, 11) is 0. The zero-order chi connectivity index (χ0) is 17.9. The van der Waals surface area contributed by atoms with Crippen LogP contribution in [0, 0.1) is 0 Å². The van der Waals surface area contributed by atoms with Gasteiger partial charge in [0.1, 0.15) is 5.69 Å². The van der Waals surface area contributed by atoms with Crippen molar-refractivity contribution in [2.75, 3.05) is 18.1 Å². The Hall–Kier alpha value is -2.38. The van der Waals surface area contributed by atoms with Gasteiger partial charge in [0.05, 0.1) is 29.1 Å². The monoisotopic (exact) mass is 368 g/mol. The molecule has 1 aliphatic rings. The summed E-state index contributed by atoms with van der Waals surface area (Å²) < 4.78 is 6.84. The lowest BCUT2D eigenvalue weighted by molar-refractivity contribution is 0.0913. The number of thiazole rings is 1. The number of aromatic nitrogens is 3. The van der Waals surface area contributed by atoms with E-state index in [9.17, 15) is 4.79 Å². The number of carbonyl (C=O) groups is 1. The molecule has 26 heavy (non-hydrogen) atoms. The minimum absolute atomic E-state index is 0.0354. The van der Waals surface area contributed by atoms with Crippen LogP contribution in [0.5, 0.6) is 0 Å². The van der Waals surface area contributed by atoms with Crippen LogP contribution >= 0.6 is 11.3 Å². The largest absolute Gasteiger partial charge is 0.376 e. The number of para-hydroxylation sites is 1. The van der Waals surface area contributed by atoms with E-state index in [1.807, 2.05) is 12.1 Å². The van der Waals surface area contributed by atoms with Crippen molar-refractivity contribution in [3.8, 4) is 0 Å². The molecule has 1 saturated heterocycles.